The van der Waals surface area contributed by atoms with Crippen molar-refractivity contribution in [1.82, 2.24) is 10.5 Å². The smallest absolute Gasteiger partial charge is 0.124 e. The summed E-state index contributed by atoms with van der Waals surface area (Å²) < 4.78 is 5.21. The predicted molar refractivity (Wildman–Crippen MR) is 53.5 cm³/mol. The largest absolute Gasteiger partial charge is 0.496 e. The van der Waals surface area contributed by atoms with Crippen LogP contribution in [0.1, 0.15) is 5.56 Å². The number of rotatable bonds is 3. The van der Waals surface area contributed by atoms with Crippen molar-refractivity contribution in [3.05, 3.63) is 30.0 Å². The van der Waals surface area contributed by atoms with Crippen LogP contribution in [-0.4, -0.2) is 17.3 Å². The maximum atomic E-state index is 8.65. The van der Waals surface area contributed by atoms with Crippen LogP contribution in [0, 0.1) is 0 Å². The average Bonchev–Trinajstić information content (AvgIpc) is 2.64. The van der Waals surface area contributed by atoms with Crippen molar-refractivity contribution in [2.45, 2.75) is 6.54 Å². The summed E-state index contributed by atoms with van der Waals surface area (Å²) >= 11 is 0. The zero-order valence-electron chi connectivity index (χ0n) is 7.87. The predicted octanol–water partition coefficient (Wildman–Crippen LogP) is 1.66. The summed E-state index contributed by atoms with van der Waals surface area (Å²) in [6.45, 7) is 0.373. The van der Waals surface area contributed by atoms with Gasteiger partial charge in [0.1, 0.15) is 5.75 Å². The molecule has 0 radical (unpaired) electrons. The Kier molecular flexibility index (Phi) is 2.39. The zero-order chi connectivity index (χ0) is 9.97. The lowest BCUT2D eigenvalue weighted by atomic mass is 10.1. The minimum atomic E-state index is 0.373. The van der Waals surface area contributed by atoms with Crippen molar-refractivity contribution in [2.75, 3.05) is 7.11 Å². The number of H-pyrrole nitrogens is 1. The summed E-state index contributed by atoms with van der Waals surface area (Å²) in [5, 5.41) is 9.75. The summed E-state index contributed by atoms with van der Waals surface area (Å²) in [6, 6.07) is 5.88. The van der Waals surface area contributed by atoms with Gasteiger partial charge in [0, 0.05) is 29.2 Å². The molecule has 0 bridgehead atoms. The first-order chi connectivity index (χ1) is 6.85. The zero-order valence-corrected chi connectivity index (χ0v) is 7.87. The van der Waals surface area contributed by atoms with Crippen molar-refractivity contribution in [1.29, 1.82) is 0 Å². The Morgan fingerprint density at radius 2 is 2.36 bits per heavy atom. The van der Waals surface area contributed by atoms with Crippen LogP contribution in [0.25, 0.3) is 10.9 Å². The molecule has 0 aliphatic carbocycles. The molecule has 0 atom stereocenters. The number of hydroxylamine groups is 1. The lowest BCUT2D eigenvalue weighted by Crippen LogP contribution is -2.07. The molecule has 0 fully saturated rings. The number of hydrogen-bond donors (Lipinski definition) is 3. The molecule has 4 nitrogen and oxygen atoms in total. The van der Waals surface area contributed by atoms with E-state index in [0.29, 0.717) is 6.54 Å². The molecule has 3 N–H and O–H groups in total. The van der Waals surface area contributed by atoms with E-state index in [4.69, 9.17) is 9.94 Å². The Labute approximate surface area is 81.5 Å². The van der Waals surface area contributed by atoms with Crippen LogP contribution in [0.4, 0.5) is 0 Å². The molecule has 74 valence electrons. The van der Waals surface area contributed by atoms with Gasteiger partial charge in [0.05, 0.1) is 7.11 Å². The van der Waals surface area contributed by atoms with Crippen molar-refractivity contribution in [3.8, 4) is 5.75 Å². The number of nitrogens with one attached hydrogen (secondary N) is 2. The third kappa shape index (κ3) is 1.45. The van der Waals surface area contributed by atoms with E-state index in [0.717, 1.165) is 22.2 Å². The fourth-order valence-electron chi connectivity index (χ4n) is 1.54. The third-order valence-corrected chi connectivity index (χ3v) is 2.22. The second kappa shape index (κ2) is 3.69. The lowest BCUT2D eigenvalue weighted by molar-refractivity contribution is 0.160. The molecule has 0 spiro atoms. The molecule has 0 aliphatic rings. The second-order valence-corrected chi connectivity index (χ2v) is 3.06. The Hall–Kier alpha value is -1.52. The fraction of sp³-hybridized carbons (Fsp3) is 0.200. The molecule has 0 unspecified atom stereocenters. The minimum absolute atomic E-state index is 0.373. The van der Waals surface area contributed by atoms with Gasteiger partial charge in [-0.15, -0.1) is 0 Å². The molecule has 14 heavy (non-hydrogen) atoms. The van der Waals surface area contributed by atoms with E-state index >= 15 is 0 Å². The summed E-state index contributed by atoms with van der Waals surface area (Å²) in [4.78, 5) is 3.10. The molecule has 4 heteroatoms. The highest BCUT2D eigenvalue weighted by atomic mass is 16.5. The molecule has 0 saturated heterocycles. The van der Waals surface area contributed by atoms with Gasteiger partial charge < -0.3 is 14.9 Å². The van der Waals surface area contributed by atoms with Gasteiger partial charge in [-0.3, -0.25) is 0 Å². The van der Waals surface area contributed by atoms with E-state index in [1.54, 1.807) is 7.11 Å². The molecule has 2 aromatic rings. The number of methoxy groups -OCH3 is 1. The van der Waals surface area contributed by atoms with E-state index in [-0.39, 0.29) is 0 Å². The van der Waals surface area contributed by atoms with Crippen LogP contribution in [0.2, 0.25) is 0 Å². The number of benzene rings is 1. The van der Waals surface area contributed by atoms with E-state index in [2.05, 4.69) is 10.5 Å². The molecule has 1 heterocycles. The maximum Gasteiger partial charge on any atom is 0.124 e. The first-order valence-corrected chi connectivity index (χ1v) is 4.36. The van der Waals surface area contributed by atoms with Gasteiger partial charge in [-0.1, -0.05) is 0 Å². The Morgan fingerprint density at radius 3 is 3.07 bits per heavy atom. The first-order valence-electron chi connectivity index (χ1n) is 4.36. The quantitative estimate of drug-likeness (QED) is 0.648. The number of fused-ring (bicyclic) bond motifs is 1. The van der Waals surface area contributed by atoms with Crippen LogP contribution in [-0.2, 0) is 6.54 Å². The SMILES string of the molecule is COc1cc2cc[nH]c2cc1CNO. The number of aromatic amines is 1. The average molecular weight is 192 g/mol. The molecule has 2 rings (SSSR count). The van der Waals surface area contributed by atoms with Gasteiger partial charge in [0.2, 0.25) is 0 Å². The number of aromatic nitrogens is 1. The third-order valence-electron chi connectivity index (χ3n) is 2.22. The van der Waals surface area contributed by atoms with Crippen LogP contribution in [0.15, 0.2) is 24.4 Å². The standard InChI is InChI=1S/C10H12N2O2/c1-14-10-5-7-2-3-11-9(7)4-8(10)6-12-13/h2-5,11-13H,6H2,1H3. The van der Waals surface area contributed by atoms with E-state index in [1.807, 2.05) is 24.4 Å². The topological polar surface area (TPSA) is 57.3 Å². The Morgan fingerprint density at radius 1 is 1.50 bits per heavy atom. The van der Waals surface area contributed by atoms with Crippen LogP contribution < -0.4 is 10.2 Å². The molecule has 0 saturated carbocycles. The fourth-order valence-corrected chi connectivity index (χ4v) is 1.54. The molecular weight excluding hydrogens is 180 g/mol. The molecular formula is C10H12N2O2. The first kappa shape index (κ1) is 9.05. The second-order valence-electron chi connectivity index (χ2n) is 3.06. The number of hydrogen-bond acceptors (Lipinski definition) is 3. The summed E-state index contributed by atoms with van der Waals surface area (Å²) in [7, 11) is 1.62. The van der Waals surface area contributed by atoms with Gasteiger partial charge in [-0.2, -0.15) is 0 Å². The monoisotopic (exact) mass is 192 g/mol. The lowest BCUT2D eigenvalue weighted by Gasteiger charge is -2.07. The number of ether oxygens (including phenoxy) is 1. The van der Waals surface area contributed by atoms with Crippen LogP contribution >= 0.6 is 0 Å². The highest BCUT2D eigenvalue weighted by Gasteiger charge is 2.05. The Bertz CT molecular complexity index is 437. The molecule has 1 aromatic carbocycles. The summed E-state index contributed by atoms with van der Waals surface area (Å²) in [6.07, 6.45) is 1.88. The summed E-state index contributed by atoms with van der Waals surface area (Å²) in [5.41, 5.74) is 4.08. The highest BCUT2D eigenvalue weighted by Crippen LogP contribution is 2.24. The van der Waals surface area contributed by atoms with Crippen molar-refractivity contribution >= 4 is 10.9 Å². The van der Waals surface area contributed by atoms with Gasteiger partial charge in [-0.25, -0.2) is 5.48 Å². The molecule has 1 aromatic heterocycles. The maximum absolute atomic E-state index is 8.65. The van der Waals surface area contributed by atoms with Crippen LogP contribution in [0.3, 0.4) is 0 Å². The van der Waals surface area contributed by atoms with E-state index in [1.165, 1.54) is 0 Å². The van der Waals surface area contributed by atoms with Gasteiger partial charge >= 0.3 is 0 Å². The van der Waals surface area contributed by atoms with Gasteiger partial charge in [0.25, 0.3) is 0 Å². The van der Waals surface area contributed by atoms with Gasteiger partial charge in [-0.05, 0) is 18.2 Å². The molecule has 0 aliphatic heterocycles. The normalized spacial score (nSPS) is 10.7. The van der Waals surface area contributed by atoms with Crippen molar-refractivity contribution in [2.24, 2.45) is 0 Å². The minimum Gasteiger partial charge on any atom is -0.496 e. The highest BCUT2D eigenvalue weighted by molar-refractivity contribution is 5.82. The van der Waals surface area contributed by atoms with E-state index < -0.39 is 0 Å². The summed E-state index contributed by atoms with van der Waals surface area (Å²) in [5.74, 6) is 0.777. The van der Waals surface area contributed by atoms with Crippen molar-refractivity contribution in [3.63, 3.8) is 0 Å². The van der Waals surface area contributed by atoms with Gasteiger partial charge in [0.15, 0.2) is 0 Å². The Balaban J connectivity index is 2.54. The van der Waals surface area contributed by atoms with Crippen molar-refractivity contribution < 1.29 is 9.94 Å². The molecule has 0 amide bonds. The van der Waals surface area contributed by atoms with E-state index in [9.17, 15) is 0 Å². The van der Waals surface area contributed by atoms with Crippen LogP contribution in [0.5, 0.6) is 5.75 Å².